The number of hydrazone groups is 1. The summed E-state index contributed by atoms with van der Waals surface area (Å²) < 4.78 is 6.92. The number of benzene rings is 2. The molecule has 0 spiro atoms. The summed E-state index contributed by atoms with van der Waals surface area (Å²) in [6.45, 7) is 1.71. The second kappa shape index (κ2) is 7.57. The second-order valence-electron chi connectivity index (χ2n) is 5.63. The number of phenolic OH excluding ortho intramolecular Hbond substituents is 1. The summed E-state index contributed by atoms with van der Waals surface area (Å²) in [6.07, 6.45) is 3.74. The molecule has 0 saturated carbocycles. The molecule has 0 atom stereocenters. The Balaban J connectivity index is 1.82. The second-order valence-corrected chi connectivity index (χ2v) is 5.63. The Labute approximate surface area is 151 Å². The molecule has 0 fully saturated rings. The zero-order chi connectivity index (χ0) is 18.5. The minimum atomic E-state index is -0.332. The minimum Gasteiger partial charge on any atom is -0.507 e. The van der Waals surface area contributed by atoms with Crippen LogP contribution in [0.1, 0.15) is 22.8 Å². The predicted octanol–water partition coefficient (Wildman–Crippen LogP) is 3.35. The highest BCUT2D eigenvalue weighted by molar-refractivity contribution is 6.03. The number of hydrogen-bond acceptors (Lipinski definition) is 4. The molecule has 0 aliphatic heterocycles. The fourth-order valence-corrected chi connectivity index (χ4v) is 2.59. The van der Waals surface area contributed by atoms with E-state index in [9.17, 15) is 9.90 Å². The summed E-state index contributed by atoms with van der Waals surface area (Å²) in [5.74, 6) is 0.248. The van der Waals surface area contributed by atoms with E-state index in [0.29, 0.717) is 22.6 Å². The summed E-state index contributed by atoms with van der Waals surface area (Å²) in [6, 6.07) is 16.0. The lowest BCUT2D eigenvalue weighted by Gasteiger charge is -2.10. The molecule has 3 aromatic rings. The SMILES string of the molecule is COc1ccc(/C(C)=N/NC(=O)c2ccccc2-n2cccc2)c(O)c1. The number of nitrogens with one attached hydrogen (secondary N) is 1. The maximum absolute atomic E-state index is 12.6. The summed E-state index contributed by atoms with van der Waals surface area (Å²) >= 11 is 0. The average molecular weight is 349 g/mol. The fourth-order valence-electron chi connectivity index (χ4n) is 2.59. The monoisotopic (exact) mass is 349 g/mol. The first-order chi connectivity index (χ1) is 12.6. The van der Waals surface area contributed by atoms with Crippen molar-refractivity contribution in [3.63, 3.8) is 0 Å². The van der Waals surface area contributed by atoms with E-state index in [1.54, 1.807) is 31.2 Å². The third-order valence-corrected chi connectivity index (χ3v) is 3.95. The van der Waals surface area contributed by atoms with Crippen LogP contribution in [0.3, 0.4) is 0 Å². The first-order valence-corrected chi connectivity index (χ1v) is 8.04. The molecule has 0 aliphatic carbocycles. The molecule has 0 aliphatic rings. The molecule has 3 rings (SSSR count). The van der Waals surface area contributed by atoms with Gasteiger partial charge in [0, 0.05) is 24.0 Å². The fraction of sp³-hybridized carbons (Fsp3) is 0.100. The number of aromatic nitrogens is 1. The topological polar surface area (TPSA) is 75.8 Å². The molecule has 132 valence electrons. The quantitative estimate of drug-likeness (QED) is 0.548. The van der Waals surface area contributed by atoms with Gasteiger partial charge in [-0.3, -0.25) is 4.79 Å². The van der Waals surface area contributed by atoms with E-state index in [4.69, 9.17) is 4.74 Å². The molecule has 1 heterocycles. The molecule has 0 saturated heterocycles. The number of nitrogens with zero attached hydrogens (tertiary/aromatic N) is 2. The minimum absolute atomic E-state index is 0.0348. The third-order valence-electron chi connectivity index (χ3n) is 3.95. The summed E-state index contributed by atoms with van der Waals surface area (Å²) in [7, 11) is 1.53. The molecular formula is C20H19N3O3. The van der Waals surface area contributed by atoms with Gasteiger partial charge in [-0.25, -0.2) is 5.43 Å². The first kappa shape index (κ1) is 17.3. The third kappa shape index (κ3) is 3.59. The number of ether oxygens (including phenoxy) is 1. The number of aromatic hydroxyl groups is 1. The standard InChI is InChI=1S/C20H19N3O3/c1-14(16-10-9-15(26-2)13-19(16)24)21-22-20(25)17-7-3-4-8-18(17)23-11-5-6-12-23/h3-13,24H,1-2H3,(H,22,25)/b21-14+. The Morgan fingerprint density at radius 2 is 1.81 bits per heavy atom. The van der Waals surface area contributed by atoms with E-state index >= 15 is 0 Å². The lowest BCUT2D eigenvalue weighted by atomic mass is 10.1. The maximum Gasteiger partial charge on any atom is 0.273 e. The molecular weight excluding hydrogens is 330 g/mol. The van der Waals surface area contributed by atoms with Crippen molar-refractivity contribution >= 4 is 11.6 Å². The Kier molecular flexibility index (Phi) is 5.03. The van der Waals surface area contributed by atoms with Crippen LogP contribution in [0.15, 0.2) is 72.1 Å². The zero-order valence-electron chi connectivity index (χ0n) is 14.5. The number of amides is 1. The normalized spacial score (nSPS) is 11.2. The van der Waals surface area contributed by atoms with Gasteiger partial charge in [0.1, 0.15) is 11.5 Å². The van der Waals surface area contributed by atoms with Crippen LogP contribution in [0, 0.1) is 0 Å². The molecule has 26 heavy (non-hydrogen) atoms. The van der Waals surface area contributed by atoms with Crippen molar-refractivity contribution in [2.75, 3.05) is 7.11 Å². The molecule has 0 radical (unpaired) electrons. The van der Waals surface area contributed by atoms with Crippen LogP contribution >= 0.6 is 0 Å². The highest BCUT2D eigenvalue weighted by Crippen LogP contribution is 2.24. The van der Waals surface area contributed by atoms with Gasteiger partial charge in [-0.1, -0.05) is 12.1 Å². The Bertz CT molecular complexity index is 947. The van der Waals surface area contributed by atoms with Crippen molar-refractivity contribution in [1.29, 1.82) is 0 Å². The Morgan fingerprint density at radius 3 is 2.50 bits per heavy atom. The van der Waals surface area contributed by atoms with Gasteiger partial charge in [-0.05, 0) is 43.3 Å². The van der Waals surface area contributed by atoms with Crippen LogP contribution in [0.5, 0.6) is 11.5 Å². The van der Waals surface area contributed by atoms with Crippen LogP contribution in [0.2, 0.25) is 0 Å². The van der Waals surface area contributed by atoms with Gasteiger partial charge in [-0.15, -0.1) is 0 Å². The van der Waals surface area contributed by atoms with Crippen LogP contribution in [0.25, 0.3) is 5.69 Å². The average Bonchev–Trinajstić information content (AvgIpc) is 3.20. The molecule has 1 aromatic heterocycles. The summed E-state index contributed by atoms with van der Waals surface area (Å²) in [5.41, 5.74) is 4.81. The van der Waals surface area contributed by atoms with Gasteiger partial charge in [0.25, 0.3) is 5.91 Å². The van der Waals surface area contributed by atoms with Gasteiger partial charge in [-0.2, -0.15) is 5.10 Å². The van der Waals surface area contributed by atoms with E-state index in [0.717, 1.165) is 5.69 Å². The Hall–Kier alpha value is -3.54. The van der Waals surface area contributed by atoms with Gasteiger partial charge < -0.3 is 14.4 Å². The number of carbonyl (C=O) groups is 1. The van der Waals surface area contributed by atoms with E-state index in [1.165, 1.54) is 13.2 Å². The van der Waals surface area contributed by atoms with Crippen LogP contribution < -0.4 is 10.2 Å². The lowest BCUT2D eigenvalue weighted by Crippen LogP contribution is -2.21. The van der Waals surface area contributed by atoms with Crippen molar-refractivity contribution in [2.45, 2.75) is 6.92 Å². The molecule has 2 aromatic carbocycles. The number of para-hydroxylation sites is 1. The van der Waals surface area contributed by atoms with Gasteiger partial charge in [0.05, 0.1) is 24.1 Å². The van der Waals surface area contributed by atoms with E-state index < -0.39 is 0 Å². The number of rotatable bonds is 5. The molecule has 2 N–H and O–H groups in total. The van der Waals surface area contributed by atoms with E-state index in [-0.39, 0.29) is 11.7 Å². The van der Waals surface area contributed by atoms with Crippen LogP contribution in [-0.4, -0.2) is 28.4 Å². The number of phenols is 1. The zero-order valence-corrected chi connectivity index (χ0v) is 14.5. The van der Waals surface area contributed by atoms with Crippen molar-refractivity contribution in [3.8, 4) is 17.2 Å². The molecule has 0 unspecified atom stereocenters. The van der Waals surface area contributed by atoms with Gasteiger partial charge in [0.15, 0.2) is 0 Å². The number of carbonyl (C=O) groups excluding carboxylic acids is 1. The first-order valence-electron chi connectivity index (χ1n) is 8.04. The van der Waals surface area contributed by atoms with Crippen molar-refractivity contribution in [2.24, 2.45) is 5.10 Å². The van der Waals surface area contributed by atoms with Crippen molar-refractivity contribution in [1.82, 2.24) is 9.99 Å². The van der Waals surface area contributed by atoms with Gasteiger partial charge in [0.2, 0.25) is 0 Å². The van der Waals surface area contributed by atoms with Crippen molar-refractivity contribution in [3.05, 3.63) is 78.1 Å². The van der Waals surface area contributed by atoms with Crippen LogP contribution in [0.4, 0.5) is 0 Å². The summed E-state index contributed by atoms with van der Waals surface area (Å²) in [4.78, 5) is 12.6. The highest BCUT2D eigenvalue weighted by atomic mass is 16.5. The maximum atomic E-state index is 12.6. The van der Waals surface area contributed by atoms with Crippen molar-refractivity contribution < 1.29 is 14.6 Å². The molecule has 1 amide bonds. The molecule has 6 heteroatoms. The van der Waals surface area contributed by atoms with Gasteiger partial charge >= 0.3 is 0 Å². The van der Waals surface area contributed by atoms with Crippen LogP contribution in [-0.2, 0) is 0 Å². The van der Waals surface area contributed by atoms with E-state index in [2.05, 4.69) is 10.5 Å². The summed E-state index contributed by atoms with van der Waals surface area (Å²) in [5, 5.41) is 14.2. The molecule has 0 bridgehead atoms. The number of methoxy groups -OCH3 is 1. The Morgan fingerprint density at radius 1 is 1.08 bits per heavy atom. The molecule has 6 nitrogen and oxygen atoms in total. The smallest absolute Gasteiger partial charge is 0.273 e. The highest BCUT2D eigenvalue weighted by Gasteiger charge is 2.12. The lowest BCUT2D eigenvalue weighted by molar-refractivity contribution is 0.0955. The number of hydrogen-bond donors (Lipinski definition) is 2. The predicted molar refractivity (Wildman–Crippen MR) is 100 cm³/mol. The van der Waals surface area contributed by atoms with E-state index in [1.807, 2.05) is 41.2 Å². The largest absolute Gasteiger partial charge is 0.507 e.